The number of benzene rings is 1. The van der Waals surface area contributed by atoms with E-state index in [1.54, 1.807) is 12.0 Å². The molecule has 1 heterocycles. The summed E-state index contributed by atoms with van der Waals surface area (Å²) in [4.78, 5) is 28.3. The van der Waals surface area contributed by atoms with Crippen LogP contribution in [0, 0.1) is 0 Å². The van der Waals surface area contributed by atoms with E-state index < -0.39 is 0 Å². The van der Waals surface area contributed by atoms with Gasteiger partial charge in [-0.2, -0.15) is 0 Å². The average Bonchev–Trinajstić information content (AvgIpc) is 2.80. The molecule has 1 saturated heterocycles. The van der Waals surface area contributed by atoms with E-state index in [-0.39, 0.29) is 18.0 Å². The highest BCUT2D eigenvalue weighted by molar-refractivity contribution is 5.79. The fraction of sp³-hybridized carbons (Fsp3) is 0.556. The van der Waals surface area contributed by atoms with Gasteiger partial charge in [-0.25, -0.2) is 4.79 Å². The highest BCUT2D eigenvalue weighted by atomic mass is 16.5. The third-order valence-corrected chi connectivity index (χ3v) is 4.04. The summed E-state index contributed by atoms with van der Waals surface area (Å²) >= 11 is 0. The predicted octanol–water partition coefficient (Wildman–Crippen LogP) is 1.89. The van der Waals surface area contributed by atoms with Gasteiger partial charge in [0.15, 0.2) is 0 Å². The van der Waals surface area contributed by atoms with Crippen molar-refractivity contribution in [1.29, 1.82) is 0 Å². The Hall–Kier alpha value is -2.24. The van der Waals surface area contributed by atoms with E-state index in [1.165, 1.54) is 0 Å². The number of hydrogen-bond acceptors (Lipinski definition) is 3. The van der Waals surface area contributed by atoms with Gasteiger partial charge in [0, 0.05) is 32.2 Å². The molecule has 0 atom stereocenters. The molecule has 2 rings (SSSR count). The van der Waals surface area contributed by atoms with E-state index in [2.05, 4.69) is 5.32 Å². The second-order valence-electron chi connectivity index (χ2n) is 6.35. The first-order chi connectivity index (χ1) is 11.5. The second kappa shape index (κ2) is 8.57. The number of hydrogen-bond donors (Lipinski definition) is 1. The van der Waals surface area contributed by atoms with Crippen molar-refractivity contribution in [2.45, 2.75) is 32.7 Å². The van der Waals surface area contributed by atoms with E-state index in [1.807, 2.05) is 43.0 Å². The molecule has 3 amide bonds. The standard InChI is InChI=1S/C18H27N3O3/c1-14(2)19-18(23)21-9-5-8-20(10-11-21)17(22)13-15-6-4-7-16(12-15)24-3/h4,6-7,12,14H,5,8-11,13H2,1-3H3,(H,19,23). The van der Waals surface area contributed by atoms with Crippen LogP contribution in [-0.2, 0) is 11.2 Å². The lowest BCUT2D eigenvalue weighted by atomic mass is 10.1. The van der Waals surface area contributed by atoms with Gasteiger partial charge < -0.3 is 19.9 Å². The molecule has 6 heteroatoms. The van der Waals surface area contributed by atoms with Crippen LogP contribution in [0.1, 0.15) is 25.8 Å². The summed E-state index contributed by atoms with van der Waals surface area (Å²) in [6.07, 6.45) is 1.16. The Morgan fingerprint density at radius 2 is 1.88 bits per heavy atom. The van der Waals surface area contributed by atoms with Crippen LogP contribution in [0.3, 0.4) is 0 Å². The van der Waals surface area contributed by atoms with Gasteiger partial charge in [-0.15, -0.1) is 0 Å². The van der Waals surface area contributed by atoms with Gasteiger partial charge in [0.1, 0.15) is 5.75 Å². The van der Waals surface area contributed by atoms with E-state index >= 15 is 0 Å². The van der Waals surface area contributed by atoms with Gasteiger partial charge in [-0.05, 0) is 38.0 Å². The first kappa shape index (κ1) is 18.1. The molecule has 0 radical (unpaired) electrons. The summed E-state index contributed by atoms with van der Waals surface area (Å²) < 4.78 is 5.20. The lowest BCUT2D eigenvalue weighted by molar-refractivity contribution is -0.130. The van der Waals surface area contributed by atoms with Crippen molar-refractivity contribution in [1.82, 2.24) is 15.1 Å². The van der Waals surface area contributed by atoms with Crippen molar-refractivity contribution in [3.63, 3.8) is 0 Å². The Balaban J connectivity index is 1.90. The molecule has 0 saturated carbocycles. The van der Waals surface area contributed by atoms with E-state index in [0.29, 0.717) is 32.6 Å². The molecular weight excluding hydrogens is 306 g/mol. The molecule has 0 unspecified atom stereocenters. The monoisotopic (exact) mass is 333 g/mol. The maximum absolute atomic E-state index is 12.5. The largest absolute Gasteiger partial charge is 0.497 e. The highest BCUT2D eigenvalue weighted by Gasteiger charge is 2.22. The summed E-state index contributed by atoms with van der Waals surface area (Å²) in [6, 6.07) is 7.64. The summed E-state index contributed by atoms with van der Waals surface area (Å²) in [7, 11) is 1.62. The number of rotatable bonds is 4. The van der Waals surface area contributed by atoms with Gasteiger partial charge in [0.25, 0.3) is 0 Å². The minimum Gasteiger partial charge on any atom is -0.497 e. The van der Waals surface area contributed by atoms with Crippen molar-refractivity contribution < 1.29 is 14.3 Å². The minimum atomic E-state index is -0.0490. The number of amides is 3. The van der Waals surface area contributed by atoms with Gasteiger partial charge >= 0.3 is 6.03 Å². The van der Waals surface area contributed by atoms with Crippen molar-refractivity contribution in [3.05, 3.63) is 29.8 Å². The number of urea groups is 1. The Morgan fingerprint density at radius 1 is 1.17 bits per heavy atom. The molecule has 1 aliphatic rings. The molecule has 24 heavy (non-hydrogen) atoms. The minimum absolute atomic E-state index is 0.0490. The molecule has 0 aliphatic carbocycles. The van der Waals surface area contributed by atoms with Crippen molar-refractivity contribution in [2.24, 2.45) is 0 Å². The number of carbonyl (C=O) groups is 2. The Kier molecular flexibility index (Phi) is 6.46. The van der Waals surface area contributed by atoms with Crippen LogP contribution in [-0.4, -0.2) is 61.1 Å². The van der Waals surface area contributed by atoms with Crippen LogP contribution in [0.2, 0.25) is 0 Å². The predicted molar refractivity (Wildman–Crippen MR) is 93.1 cm³/mol. The van der Waals surface area contributed by atoms with Crippen LogP contribution >= 0.6 is 0 Å². The van der Waals surface area contributed by atoms with Crippen LogP contribution in [0.25, 0.3) is 0 Å². The fourth-order valence-corrected chi connectivity index (χ4v) is 2.78. The summed E-state index contributed by atoms with van der Waals surface area (Å²) in [5.74, 6) is 0.849. The summed E-state index contributed by atoms with van der Waals surface area (Å²) in [6.45, 7) is 6.41. The normalized spacial score (nSPS) is 15.2. The lowest BCUT2D eigenvalue weighted by Gasteiger charge is -2.23. The molecule has 1 aliphatic heterocycles. The maximum Gasteiger partial charge on any atom is 0.317 e. The Bertz CT molecular complexity index is 574. The molecule has 0 spiro atoms. The summed E-state index contributed by atoms with van der Waals surface area (Å²) in [5.41, 5.74) is 0.943. The molecular formula is C18H27N3O3. The molecule has 132 valence electrons. The van der Waals surface area contributed by atoms with Gasteiger partial charge in [0.05, 0.1) is 13.5 Å². The molecule has 6 nitrogen and oxygen atoms in total. The Morgan fingerprint density at radius 3 is 2.58 bits per heavy atom. The molecule has 1 aromatic rings. The SMILES string of the molecule is COc1cccc(CC(=O)N2CCCN(C(=O)NC(C)C)CC2)c1. The van der Waals surface area contributed by atoms with Crippen LogP contribution in [0.15, 0.2) is 24.3 Å². The highest BCUT2D eigenvalue weighted by Crippen LogP contribution is 2.14. The van der Waals surface area contributed by atoms with E-state index in [0.717, 1.165) is 17.7 Å². The van der Waals surface area contributed by atoms with Crippen LogP contribution in [0.4, 0.5) is 4.79 Å². The van der Waals surface area contributed by atoms with Crippen LogP contribution < -0.4 is 10.1 Å². The van der Waals surface area contributed by atoms with Crippen LogP contribution in [0.5, 0.6) is 5.75 Å². The average molecular weight is 333 g/mol. The maximum atomic E-state index is 12.5. The number of nitrogens with one attached hydrogen (secondary N) is 1. The first-order valence-corrected chi connectivity index (χ1v) is 8.45. The summed E-state index contributed by atoms with van der Waals surface area (Å²) in [5, 5.41) is 2.91. The molecule has 1 N–H and O–H groups in total. The van der Waals surface area contributed by atoms with Crippen molar-refractivity contribution >= 4 is 11.9 Å². The van der Waals surface area contributed by atoms with E-state index in [9.17, 15) is 9.59 Å². The smallest absolute Gasteiger partial charge is 0.317 e. The van der Waals surface area contributed by atoms with Crippen molar-refractivity contribution in [2.75, 3.05) is 33.3 Å². The first-order valence-electron chi connectivity index (χ1n) is 8.45. The number of nitrogens with zero attached hydrogens (tertiary/aromatic N) is 2. The van der Waals surface area contributed by atoms with Gasteiger partial charge in [0.2, 0.25) is 5.91 Å². The zero-order valence-corrected chi connectivity index (χ0v) is 14.7. The fourth-order valence-electron chi connectivity index (χ4n) is 2.78. The third kappa shape index (κ3) is 5.15. The second-order valence-corrected chi connectivity index (χ2v) is 6.35. The number of ether oxygens (including phenoxy) is 1. The third-order valence-electron chi connectivity index (χ3n) is 4.04. The molecule has 0 bridgehead atoms. The van der Waals surface area contributed by atoms with Gasteiger partial charge in [-0.3, -0.25) is 4.79 Å². The molecule has 0 aromatic heterocycles. The Labute approximate surface area is 143 Å². The molecule has 1 fully saturated rings. The lowest BCUT2D eigenvalue weighted by Crippen LogP contribution is -2.45. The molecule has 1 aromatic carbocycles. The zero-order valence-electron chi connectivity index (χ0n) is 14.7. The van der Waals surface area contributed by atoms with E-state index in [4.69, 9.17) is 4.74 Å². The van der Waals surface area contributed by atoms with Gasteiger partial charge in [-0.1, -0.05) is 12.1 Å². The quantitative estimate of drug-likeness (QED) is 0.915. The number of methoxy groups -OCH3 is 1. The number of carbonyl (C=O) groups excluding carboxylic acids is 2. The van der Waals surface area contributed by atoms with Crippen molar-refractivity contribution in [3.8, 4) is 5.75 Å². The topological polar surface area (TPSA) is 61.9 Å². The zero-order chi connectivity index (χ0) is 17.5.